The van der Waals surface area contributed by atoms with Gasteiger partial charge in [-0.15, -0.1) is 0 Å². The van der Waals surface area contributed by atoms with Crippen LogP contribution in [0.5, 0.6) is 0 Å². The molecule has 0 radical (unpaired) electrons. The van der Waals surface area contributed by atoms with Gasteiger partial charge in [0.15, 0.2) is 0 Å². The Labute approximate surface area is 78.6 Å². The summed E-state index contributed by atoms with van der Waals surface area (Å²) in [6.45, 7) is 0. The zero-order chi connectivity index (χ0) is 9.97. The molecule has 0 fully saturated rings. The SMILES string of the molecule is O=C(O)c1cc(-c2ccnnc2)n[nH]1. The van der Waals surface area contributed by atoms with Crippen molar-refractivity contribution >= 4 is 5.97 Å². The zero-order valence-electron chi connectivity index (χ0n) is 7.01. The second kappa shape index (κ2) is 3.25. The van der Waals surface area contributed by atoms with Crippen LogP contribution in [0.4, 0.5) is 0 Å². The molecular weight excluding hydrogens is 184 g/mol. The van der Waals surface area contributed by atoms with Crippen molar-refractivity contribution in [3.63, 3.8) is 0 Å². The lowest BCUT2D eigenvalue weighted by Gasteiger charge is -1.90. The van der Waals surface area contributed by atoms with E-state index in [0.29, 0.717) is 5.69 Å². The van der Waals surface area contributed by atoms with E-state index >= 15 is 0 Å². The number of aromatic nitrogens is 4. The third-order valence-corrected chi connectivity index (χ3v) is 1.69. The van der Waals surface area contributed by atoms with Crippen LogP contribution >= 0.6 is 0 Å². The molecule has 2 aromatic heterocycles. The smallest absolute Gasteiger partial charge is 0.353 e. The minimum Gasteiger partial charge on any atom is -0.477 e. The summed E-state index contributed by atoms with van der Waals surface area (Å²) in [6.07, 6.45) is 3.03. The fourth-order valence-electron chi connectivity index (χ4n) is 1.02. The third kappa shape index (κ3) is 1.45. The van der Waals surface area contributed by atoms with Crippen molar-refractivity contribution in [3.05, 3.63) is 30.2 Å². The molecule has 6 nitrogen and oxygen atoms in total. The maximum atomic E-state index is 10.5. The number of nitrogens with zero attached hydrogens (tertiary/aromatic N) is 3. The average Bonchev–Trinajstić information content (AvgIpc) is 2.68. The molecule has 70 valence electrons. The Kier molecular flexibility index (Phi) is 1.94. The van der Waals surface area contributed by atoms with E-state index in [1.807, 2.05) is 0 Å². The molecule has 2 heterocycles. The lowest BCUT2D eigenvalue weighted by molar-refractivity contribution is 0.0690. The Balaban J connectivity index is 2.39. The number of rotatable bonds is 2. The normalized spacial score (nSPS) is 10.0. The van der Waals surface area contributed by atoms with Crippen LogP contribution < -0.4 is 0 Å². The van der Waals surface area contributed by atoms with Gasteiger partial charge in [-0.1, -0.05) is 0 Å². The molecule has 2 rings (SSSR count). The Bertz CT molecular complexity index is 451. The summed E-state index contributed by atoms with van der Waals surface area (Å²) < 4.78 is 0. The number of carboxylic acids is 1. The lowest BCUT2D eigenvalue weighted by Crippen LogP contribution is -1.95. The molecule has 0 aliphatic heterocycles. The number of carboxylic acid groups (broad SMARTS) is 1. The molecule has 0 amide bonds. The fourth-order valence-corrected chi connectivity index (χ4v) is 1.02. The van der Waals surface area contributed by atoms with Gasteiger partial charge in [0.05, 0.1) is 18.1 Å². The topological polar surface area (TPSA) is 91.8 Å². The first-order valence-corrected chi connectivity index (χ1v) is 3.83. The molecule has 6 heteroatoms. The molecule has 0 bridgehead atoms. The fraction of sp³-hybridized carbons (Fsp3) is 0. The summed E-state index contributed by atoms with van der Waals surface area (Å²) in [7, 11) is 0. The Hall–Kier alpha value is -2.24. The van der Waals surface area contributed by atoms with E-state index in [-0.39, 0.29) is 5.69 Å². The number of aromatic carboxylic acids is 1. The monoisotopic (exact) mass is 190 g/mol. The standard InChI is InChI=1S/C8H6N4O2/c13-8(14)7-3-6(11-12-7)5-1-2-9-10-4-5/h1-4H,(H,11,12)(H,13,14). The van der Waals surface area contributed by atoms with Crippen molar-refractivity contribution < 1.29 is 9.90 Å². The van der Waals surface area contributed by atoms with Gasteiger partial charge in [0.25, 0.3) is 0 Å². The molecule has 0 unspecified atom stereocenters. The van der Waals surface area contributed by atoms with E-state index < -0.39 is 5.97 Å². The maximum Gasteiger partial charge on any atom is 0.353 e. The van der Waals surface area contributed by atoms with Gasteiger partial charge < -0.3 is 5.11 Å². The molecule has 0 atom stereocenters. The number of nitrogens with one attached hydrogen (secondary N) is 1. The first-order valence-electron chi connectivity index (χ1n) is 3.83. The summed E-state index contributed by atoms with van der Waals surface area (Å²) in [6, 6.07) is 3.15. The van der Waals surface area contributed by atoms with Crippen LogP contribution in [0.15, 0.2) is 24.5 Å². The summed E-state index contributed by atoms with van der Waals surface area (Å²) in [5.41, 5.74) is 1.32. The molecule has 0 saturated heterocycles. The highest BCUT2D eigenvalue weighted by molar-refractivity contribution is 5.86. The summed E-state index contributed by atoms with van der Waals surface area (Å²) in [4.78, 5) is 10.5. The molecule has 0 saturated carbocycles. The molecule has 0 aliphatic rings. The summed E-state index contributed by atoms with van der Waals surface area (Å²) >= 11 is 0. The number of H-pyrrole nitrogens is 1. The van der Waals surface area contributed by atoms with E-state index in [0.717, 1.165) is 5.56 Å². The van der Waals surface area contributed by atoms with Gasteiger partial charge in [-0.2, -0.15) is 15.3 Å². The van der Waals surface area contributed by atoms with Crippen molar-refractivity contribution in [2.24, 2.45) is 0 Å². The highest BCUT2D eigenvalue weighted by Crippen LogP contribution is 2.14. The largest absolute Gasteiger partial charge is 0.477 e. The number of carbonyl (C=O) groups is 1. The number of aromatic amines is 1. The lowest BCUT2D eigenvalue weighted by atomic mass is 10.2. The van der Waals surface area contributed by atoms with Gasteiger partial charge in [0.2, 0.25) is 0 Å². The Morgan fingerprint density at radius 1 is 1.43 bits per heavy atom. The van der Waals surface area contributed by atoms with Gasteiger partial charge in [0.1, 0.15) is 5.69 Å². The van der Waals surface area contributed by atoms with Crippen LogP contribution in [0.1, 0.15) is 10.5 Å². The van der Waals surface area contributed by atoms with E-state index in [1.54, 1.807) is 6.07 Å². The van der Waals surface area contributed by atoms with E-state index in [2.05, 4.69) is 20.4 Å². The summed E-state index contributed by atoms with van der Waals surface area (Å²) in [5.74, 6) is -1.04. The van der Waals surface area contributed by atoms with Crippen LogP contribution in [0, 0.1) is 0 Å². The van der Waals surface area contributed by atoms with Crippen molar-refractivity contribution in [1.29, 1.82) is 0 Å². The van der Waals surface area contributed by atoms with Crippen molar-refractivity contribution in [2.75, 3.05) is 0 Å². The molecule has 14 heavy (non-hydrogen) atoms. The second-order valence-corrected chi connectivity index (χ2v) is 2.60. The Morgan fingerprint density at radius 2 is 2.29 bits per heavy atom. The van der Waals surface area contributed by atoms with Gasteiger partial charge in [-0.3, -0.25) is 5.10 Å². The minimum absolute atomic E-state index is 0.0526. The van der Waals surface area contributed by atoms with Gasteiger partial charge >= 0.3 is 5.97 Å². The predicted molar refractivity (Wildman–Crippen MR) is 46.6 cm³/mol. The molecular formula is C8H6N4O2. The van der Waals surface area contributed by atoms with Gasteiger partial charge in [0, 0.05) is 5.56 Å². The van der Waals surface area contributed by atoms with Crippen molar-refractivity contribution in [1.82, 2.24) is 20.4 Å². The van der Waals surface area contributed by atoms with Crippen molar-refractivity contribution in [2.45, 2.75) is 0 Å². The van der Waals surface area contributed by atoms with Crippen LogP contribution in [0.2, 0.25) is 0 Å². The van der Waals surface area contributed by atoms with Crippen LogP contribution in [0.3, 0.4) is 0 Å². The van der Waals surface area contributed by atoms with Crippen LogP contribution in [-0.4, -0.2) is 31.5 Å². The first-order chi connectivity index (χ1) is 6.77. The Morgan fingerprint density at radius 3 is 2.86 bits per heavy atom. The van der Waals surface area contributed by atoms with Crippen LogP contribution in [-0.2, 0) is 0 Å². The predicted octanol–water partition coefficient (Wildman–Crippen LogP) is 0.565. The van der Waals surface area contributed by atoms with Crippen molar-refractivity contribution in [3.8, 4) is 11.3 Å². The van der Waals surface area contributed by atoms with E-state index in [9.17, 15) is 4.79 Å². The number of hydrogen-bond donors (Lipinski definition) is 2. The van der Waals surface area contributed by atoms with Crippen LogP contribution in [0.25, 0.3) is 11.3 Å². The number of hydrogen-bond acceptors (Lipinski definition) is 4. The zero-order valence-corrected chi connectivity index (χ0v) is 7.01. The second-order valence-electron chi connectivity index (χ2n) is 2.60. The quantitative estimate of drug-likeness (QED) is 0.722. The average molecular weight is 190 g/mol. The highest BCUT2D eigenvalue weighted by Gasteiger charge is 2.08. The molecule has 0 aromatic carbocycles. The van der Waals surface area contributed by atoms with E-state index in [4.69, 9.17) is 5.11 Å². The molecule has 0 aliphatic carbocycles. The molecule has 0 spiro atoms. The molecule has 2 N–H and O–H groups in total. The first kappa shape index (κ1) is 8.36. The summed E-state index contributed by atoms with van der Waals surface area (Å²) in [5, 5.41) is 22.2. The molecule has 2 aromatic rings. The van der Waals surface area contributed by atoms with Gasteiger partial charge in [-0.05, 0) is 12.1 Å². The highest BCUT2D eigenvalue weighted by atomic mass is 16.4. The van der Waals surface area contributed by atoms with Gasteiger partial charge in [-0.25, -0.2) is 4.79 Å². The van der Waals surface area contributed by atoms with E-state index in [1.165, 1.54) is 18.5 Å². The minimum atomic E-state index is -1.04. The third-order valence-electron chi connectivity index (χ3n) is 1.69. The maximum absolute atomic E-state index is 10.5.